The summed E-state index contributed by atoms with van der Waals surface area (Å²) in [5.74, 6) is 0. The number of rotatable bonds is 3. The van der Waals surface area contributed by atoms with Gasteiger partial charge in [0.1, 0.15) is 0 Å². The summed E-state index contributed by atoms with van der Waals surface area (Å²) in [6.07, 6.45) is 1.68. The van der Waals surface area contributed by atoms with Crippen LogP contribution >= 0.6 is 11.3 Å². The lowest BCUT2D eigenvalue weighted by atomic mass is 10.3. The molecule has 0 fully saturated rings. The SMILES string of the molecule is O=c1ccc(NCc2ccsc2)c[nH]1. The summed E-state index contributed by atoms with van der Waals surface area (Å²) < 4.78 is 0. The van der Waals surface area contributed by atoms with Gasteiger partial charge in [-0.3, -0.25) is 4.79 Å². The lowest BCUT2D eigenvalue weighted by Gasteiger charge is -2.03. The molecule has 0 atom stereocenters. The first-order valence-electron chi connectivity index (χ1n) is 4.28. The van der Waals surface area contributed by atoms with Gasteiger partial charge in [-0.15, -0.1) is 0 Å². The Labute approximate surface area is 85.4 Å². The molecule has 0 aliphatic carbocycles. The van der Waals surface area contributed by atoms with E-state index in [9.17, 15) is 4.79 Å². The average Bonchev–Trinajstić information content (AvgIpc) is 2.70. The number of nitrogens with one attached hydrogen (secondary N) is 2. The Bertz CT molecular complexity index is 427. The molecule has 0 aliphatic rings. The molecule has 2 heterocycles. The average molecular weight is 206 g/mol. The zero-order valence-corrected chi connectivity index (χ0v) is 8.30. The standard InChI is InChI=1S/C10H10N2OS/c13-10-2-1-9(6-12-10)11-5-8-3-4-14-7-8/h1-4,6-7,11H,5H2,(H,12,13). The predicted octanol–water partition coefficient (Wildman–Crippen LogP) is 2.05. The third-order valence-corrected chi connectivity index (χ3v) is 2.59. The van der Waals surface area contributed by atoms with Crippen LogP contribution in [-0.2, 0) is 6.54 Å². The first-order chi connectivity index (χ1) is 6.84. The number of H-pyrrole nitrogens is 1. The molecule has 0 aromatic carbocycles. The highest BCUT2D eigenvalue weighted by Crippen LogP contribution is 2.09. The number of aromatic amines is 1. The fraction of sp³-hybridized carbons (Fsp3) is 0.100. The van der Waals surface area contributed by atoms with E-state index < -0.39 is 0 Å². The molecule has 0 saturated heterocycles. The van der Waals surface area contributed by atoms with Gasteiger partial charge in [0.25, 0.3) is 0 Å². The van der Waals surface area contributed by atoms with Gasteiger partial charge in [0, 0.05) is 18.8 Å². The highest BCUT2D eigenvalue weighted by atomic mass is 32.1. The summed E-state index contributed by atoms with van der Waals surface area (Å²) in [7, 11) is 0. The number of anilines is 1. The van der Waals surface area contributed by atoms with Crippen molar-refractivity contribution in [2.75, 3.05) is 5.32 Å². The van der Waals surface area contributed by atoms with E-state index in [-0.39, 0.29) is 5.56 Å². The van der Waals surface area contributed by atoms with Crippen molar-refractivity contribution in [3.05, 3.63) is 51.1 Å². The maximum absolute atomic E-state index is 10.8. The topological polar surface area (TPSA) is 44.9 Å². The minimum Gasteiger partial charge on any atom is -0.380 e. The predicted molar refractivity (Wildman–Crippen MR) is 58.7 cm³/mol. The number of hydrogen-bond donors (Lipinski definition) is 2. The summed E-state index contributed by atoms with van der Waals surface area (Å²) in [5, 5.41) is 7.35. The summed E-state index contributed by atoms with van der Waals surface area (Å²) in [6, 6.07) is 5.35. The summed E-state index contributed by atoms with van der Waals surface area (Å²) in [5.41, 5.74) is 2.10. The van der Waals surface area contributed by atoms with Crippen LogP contribution in [0.1, 0.15) is 5.56 Å². The minimum absolute atomic E-state index is 0.0777. The fourth-order valence-electron chi connectivity index (χ4n) is 1.12. The van der Waals surface area contributed by atoms with Crippen LogP contribution in [-0.4, -0.2) is 4.98 Å². The second-order valence-electron chi connectivity index (χ2n) is 2.93. The van der Waals surface area contributed by atoms with Gasteiger partial charge in [-0.05, 0) is 28.5 Å². The van der Waals surface area contributed by atoms with Crippen molar-refractivity contribution < 1.29 is 0 Å². The zero-order chi connectivity index (χ0) is 9.80. The fourth-order valence-corrected chi connectivity index (χ4v) is 1.79. The normalized spacial score (nSPS) is 10.0. The van der Waals surface area contributed by atoms with Gasteiger partial charge in [-0.1, -0.05) is 0 Å². The van der Waals surface area contributed by atoms with E-state index in [0.29, 0.717) is 0 Å². The third-order valence-electron chi connectivity index (χ3n) is 1.86. The molecular weight excluding hydrogens is 196 g/mol. The van der Waals surface area contributed by atoms with Crippen molar-refractivity contribution in [2.45, 2.75) is 6.54 Å². The van der Waals surface area contributed by atoms with Gasteiger partial charge in [-0.25, -0.2) is 0 Å². The van der Waals surface area contributed by atoms with Crippen LogP contribution in [0, 0.1) is 0 Å². The van der Waals surface area contributed by atoms with E-state index >= 15 is 0 Å². The Morgan fingerprint density at radius 2 is 2.29 bits per heavy atom. The van der Waals surface area contributed by atoms with E-state index in [0.717, 1.165) is 12.2 Å². The van der Waals surface area contributed by atoms with Gasteiger partial charge in [0.05, 0.1) is 5.69 Å². The second-order valence-corrected chi connectivity index (χ2v) is 3.71. The van der Waals surface area contributed by atoms with E-state index in [1.165, 1.54) is 11.6 Å². The lowest BCUT2D eigenvalue weighted by Crippen LogP contribution is -2.05. The summed E-state index contributed by atoms with van der Waals surface area (Å²) in [6.45, 7) is 0.787. The summed E-state index contributed by atoms with van der Waals surface area (Å²) in [4.78, 5) is 13.4. The monoisotopic (exact) mass is 206 g/mol. The molecule has 4 heteroatoms. The zero-order valence-electron chi connectivity index (χ0n) is 7.49. The van der Waals surface area contributed by atoms with E-state index in [4.69, 9.17) is 0 Å². The summed E-state index contributed by atoms with van der Waals surface area (Å²) >= 11 is 1.68. The molecule has 2 N–H and O–H groups in total. The number of aromatic nitrogens is 1. The van der Waals surface area contributed by atoms with Crippen LogP contribution in [0.25, 0.3) is 0 Å². The van der Waals surface area contributed by atoms with Gasteiger partial charge in [0.2, 0.25) is 5.56 Å². The van der Waals surface area contributed by atoms with Crippen LogP contribution in [0.3, 0.4) is 0 Å². The number of thiophene rings is 1. The Morgan fingerprint density at radius 3 is 2.93 bits per heavy atom. The maximum Gasteiger partial charge on any atom is 0.248 e. The quantitative estimate of drug-likeness (QED) is 0.807. The molecule has 0 radical (unpaired) electrons. The molecule has 14 heavy (non-hydrogen) atoms. The van der Waals surface area contributed by atoms with Gasteiger partial charge >= 0.3 is 0 Å². The molecule has 2 aromatic heterocycles. The molecule has 0 saturated carbocycles. The van der Waals surface area contributed by atoms with Crippen LogP contribution in [0.2, 0.25) is 0 Å². The van der Waals surface area contributed by atoms with Crippen LogP contribution < -0.4 is 10.9 Å². The highest BCUT2D eigenvalue weighted by molar-refractivity contribution is 7.07. The smallest absolute Gasteiger partial charge is 0.248 e. The first-order valence-corrected chi connectivity index (χ1v) is 5.22. The molecule has 2 aromatic rings. The second kappa shape index (κ2) is 4.11. The Hall–Kier alpha value is -1.55. The van der Waals surface area contributed by atoms with Gasteiger partial charge < -0.3 is 10.3 Å². The molecule has 0 amide bonds. The van der Waals surface area contributed by atoms with E-state index in [2.05, 4.69) is 21.7 Å². The van der Waals surface area contributed by atoms with Crippen molar-refractivity contribution in [3.8, 4) is 0 Å². The van der Waals surface area contributed by atoms with E-state index in [1.807, 2.05) is 5.38 Å². The Balaban J connectivity index is 1.99. The molecule has 0 aliphatic heterocycles. The van der Waals surface area contributed by atoms with Gasteiger partial charge in [0.15, 0.2) is 0 Å². The van der Waals surface area contributed by atoms with Gasteiger partial charge in [-0.2, -0.15) is 11.3 Å². The molecule has 2 rings (SSSR count). The molecule has 0 unspecified atom stereocenters. The van der Waals surface area contributed by atoms with Crippen LogP contribution in [0.4, 0.5) is 5.69 Å². The molecule has 72 valence electrons. The number of hydrogen-bond acceptors (Lipinski definition) is 3. The Morgan fingerprint density at radius 1 is 1.36 bits per heavy atom. The number of pyridine rings is 1. The van der Waals surface area contributed by atoms with Crippen molar-refractivity contribution in [3.63, 3.8) is 0 Å². The van der Waals surface area contributed by atoms with Crippen molar-refractivity contribution in [1.82, 2.24) is 4.98 Å². The molecule has 3 nitrogen and oxygen atoms in total. The first kappa shape index (κ1) is 9.02. The lowest BCUT2D eigenvalue weighted by molar-refractivity contribution is 1.14. The third kappa shape index (κ3) is 2.23. The molecule has 0 spiro atoms. The van der Waals surface area contributed by atoms with Crippen molar-refractivity contribution in [2.24, 2.45) is 0 Å². The highest BCUT2D eigenvalue weighted by Gasteiger charge is 1.93. The minimum atomic E-state index is -0.0777. The Kier molecular flexibility index (Phi) is 2.65. The molecular formula is C10H10N2OS. The van der Waals surface area contributed by atoms with Crippen molar-refractivity contribution in [1.29, 1.82) is 0 Å². The van der Waals surface area contributed by atoms with Crippen LogP contribution in [0.5, 0.6) is 0 Å². The van der Waals surface area contributed by atoms with Crippen LogP contribution in [0.15, 0.2) is 40.0 Å². The maximum atomic E-state index is 10.8. The largest absolute Gasteiger partial charge is 0.380 e. The molecule has 0 bridgehead atoms. The van der Waals surface area contributed by atoms with Crippen molar-refractivity contribution >= 4 is 17.0 Å². The van der Waals surface area contributed by atoms with E-state index in [1.54, 1.807) is 23.6 Å².